The van der Waals surface area contributed by atoms with Crippen molar-refractivity contribution in [2.45, 2.75) is 12.8 Å². The summed E-state index contributed by atoms with van der Waals surface area (Å²) in [6, 6.07) is 0. The molecule has 13 heavy (non-hydrogen) atoms. The molecule has 0 aromatic carbocycles. The van der Waals surface area contributed by atoms with Crippen molar-refractivity contribution in [2.24, 2.45) is 0 Å². The van der Waals surface area contributed by atoms with Gasteiger partial charge in [-0.2, -0.15) is 0 Å². The second-order valence-corrected chi connectivity index (χ2v) is 2.72. The number of methoxy groups -OCH3 is 1. The number of hydrogen-bond donors (Lipinski definition) is 1. The molecule has 1 aromatic rings. The fourth-order valence-corrected chi connectivity index (χ4v) is 1.13. The molecule has 1 heterocycles. The first-order valence-corrected chi connectivity index (χ1v) is 4.37. The van der Waals surface area contributed by atoms with Gasteiger partial charge in [0.15, 0.2) is 0 Å². The van der Waals surface area contributed by atoms with Crippen LogP contribution in [-0.4, -0.2) is 30.7 Å². The van der Waals surface area contributed by atoms with E-state index in [1.54, 1.807) is 19.5 Å². The molecule has 0 spiro atoms. The van der Waals surface area contributed by atoms with E-state index in [2.05, 4.69) is 15.3 Å². The first kappa shape index (κ1) is 9.92. The molecule has 0 aliphatic carbocycles. The summed E-state index contributed by atoms with van der Waals surface area (Å²) in [7, 11) is 3.56. The minimum absolute atomic E-state index is 0.638. The Balaban J connectivity index is 2.54. The maximum absolute atomic E-state index is 5.08. The van der Waals surface area contributed by atoms with Gasteiger partial charge in [-0.3, -0.25) is 4.98 Å². The highest BCUT2D eigenvalue weighted by Crippen LogP contribution is 2.11. The summed E-state index contributed by atoms with van der Waals surface area (Å²) in [5.41, 5.74) is 0.931. The zero-order valence-corrected chi connectivity index (χ0v) is 8.08. The molecule has 0 unspecified atom stereocenters. The van der Waals surface area contributed by atoms with E-state index in [4.69, 9.17) is 4.74 Å². The Morgan fingerprint density at radius 1 is 1.38 bits per heavy atom. The predicted octanol–water partition coefficient (Wildman–Crippen LogP) is 0.637. The average Bonchev–Trinajstić information content (AvgIpc) is 2.19. The molecule has 72 valence electrons. The molecule has 0 aliphatic rings. The van der Waals surface area contributed by atoms with E-state index >= 15 is 0 Å². The second-order valence-electron chi connectivity index (χ2n) is 2.72. The lowest BCUT2D eigenvalue weighted by molar-refractivity contribution is 0.388. The normalized spacial score (nSPS) is 10.0. The summed E-state index contributed by atoms with van der Waals surface area (Å²) in [6.07, 6.45) is 5.28. The van der Waals surface area contributed by atoms with Gasteiger partial charge < -0.3 is 10.1 Å². The Hall–Kier alpha value is -1.16. The quantitative estimate of drug-likeness (QED) is 0.677. The van der Waals surface area contributed by atoms with Gasteiger partial charge in [-0.05, 0) is 26.4 Å². The maximum atomic E-state index is 5.08. The van der Waals surface area contributed by atoms with Crippen molar-refractivity contribution in [3.8, 4) is 5.88 Å². The van der Waals surface area contributed by atoms with Crippen LogP contribution < -0.4 is 10.1 Å². The summed E-state index contributed by atoms with van der Waals surface area (Å²) in [4.78, 5) is 8.28. The zero-order valence-electron chi connectivity index (χ0n) is 8.08. The molecule has 1 aromatic heterocycles. The fourth-order valence-electron chi connectivity index (χ4n) is 1.13. The van der Waals surface area contributed by atoms with E-state index in [-0.39, 0.29) is 0 Å². The number of nitrogens with one attached hydrogen (secondary N) is 1. The Kier molecular flexibility index (Phi) is 4.18. The van der Waals surface area contributed by atoms with Gasteiger partial charge in [0.1, 0.15) is 5.69 Å². The minimum Gasteiger partial charge on any atom is -0.480 e. The van der Waals surface area contributed by atoms with E-state index in [1.165, 1.54) is 0 Å². The van der Waals surface area contributed by atoms with Crippen LogP contribution in [-0.2, 0) is 6.42 Å². The molecule has 0 fully saturated rings. The number of aryl methyl sites for hydroxylation is 1. The highest BCUT2D eigenvalue weighted by molar-refractivity contribution is 5.16. The van der Waals surface area contributed by atoms with Crippen molar-refractivity contribution < 1.29 is 4.74 Å². The SMILES string of the molecule is CNCCCc1nccnc1OC. The lowest BCUT2D eigenvalue weighted by Crippen LogP contribution is -2.09. The molecule has 0 aliphatic heterocycles. The molecule has 0 radical (unpaired) electrons. The van der Waals surface area contributed by atoms with E-state index in [9.17, 15) is 0 Å². The average molecular weight is 181 g/mol. The summed E-state index contributed by atoms with van der Waals surface area (Å²) in [5, 5.41) is 3.09. The summed E-state index contributed by atoms with van der Waals surface area (Å²) in [5.74, 6) is 0.638. The van der Waals surface area contributed by atoms with Crippen molar-refractivity contribution in [1.82, 2.24) is 15.3 Å². The van der Waals surface area contributed by atoms with Crippen LogP contribution in [0.3, 0.4) is 0 Å². The lowest BCUT2D eigenvalue weighted by Gasteiger charge is -2.04. The molecule has 4 heteroatoms. The number of rotatable bonds is 5. The van der Waals surface area contributed by atoms with Gasteiger partial charge in [0.2, 0.25) is 5.88 Å². The van der Waals surface area contributed by atoms with E-state index in [1.807, 2.05) is 7.05 Å². The van der Waals surface area contributed by atoms with E-state index in [0.29, 0.717) is 5.88 Å². The first-order chi connectivity index (χ1) is 6.38. The van der Waals surface area contributed by atoms with Crippen molar-refractivity contribution in [1.29, 1.82) is 0 Å². The molecular weight excluding hydrogens is 166 g/mol. The van der Waals surface area contributed by atoms with Crippen molar-refractivity contribution >= 4 is 0 Å². The third-order valence-corrected chi connectivity index (χ3v) is 1.77. The molecular formula is C9H15N3O. The smallest absolute Gasteiger partial charge is 0.235 e. The van der Waals surface area contributed by atoms with Gasteiger partial charge in [-0.15, -0.1) is 0 Å². The number of nitrogens with zero attached hydrogens (tertiary/aromatic N) is 2. The topological polar surface area (TPSA) is 47.0 Å². The van der Waals surface area contributed by atoms with Crippen molar-refractivity contribution in [3.63, 3.8) is 0 Å². The molecule has 0 saturated carbocycles. The van der Waals surface area contributed by atoms with Gasteiger partial charge >= 0.3 is 0 Å². The predicted molar refractivity (Wildman–Crippen MR) is 50.8 cm³/mol. The zero-order chi connectivity index (χ0) is 9.52. The standard InChI is InChI=1S/C9H15N3O/c1-10-5-3-4-8-9(13-2)12-7-6-11-8/h6-7,10H,3-5H2,1-2H3. The third-order valence-electron chi connectivity index (χ3n) is 1.77. The Bertz CT molecular complexity index is 252. The van der Waals surface area contributed by atoms with Crippen LogP contribution in [0.25, 0.3) is 0 Å². The first-order valence-electron chi connectivity index (χ1n) is 4.37. The van der Waals surface area contributed by atoms with Gasteiger partial charge in [0.25, 0.3) is 0 Å². The summed E-state index contributed by atoms with van der Waals surface area (Å²) in [6.45, 7) is 0.986. The van der Waals surface area contributed by atoms with Crippen LogP contribution >= 0.6 is 0 Å². The van der Waals surface area contributed by atoms with Crippen LogP contribution in [0.4, 0.5) is 0 Å². The van der Waals surface area contributed by atoms with Gasteiger partial charge in [-0.25, -0.2) is 4.98 Å². The van der Waals surface area contributed by atoms with Crippen LogP contribution in [0.1, 0.15) is 12.1 Å². The highest BCUT2D eigenvalue weighted by atomic mass is 16.5. The Morgan fingerprint density at radius 2 is 2.15 bits per heavy atom. The van der Waals surface area contributed by atoms with E-state index in [0.717, 1.165) is 25.1 Å². The highest BCUT2D eigenvalue weighted by Gasteiger charge is 2.03. The molecule has 4 nitrogen and oxygen atoms in total. The molecule has 0 bridgehead atoms. The second kappa shape index (κ2) is 5.48. The van der Waals surface area contributed by atoms with Crippen LogP contribution in [0.15, 0.2) is 12.4 Å². The van der Waals surface area contributed by atoms with Crippen LogP contribution in [0.5, 0.6) is 5.88 Å². The summed E-state index contributed by atoms with van der Waals surface area (Å²) >= 11 is 0. The van der Waals surface area contributed by atoms with Crippen molar-refractivity contribution in [2.75, 3.05) is 20.7 Å². The van der Waals surface area contributed by atoms with Crippen LogP contribution in [0, 0.1) is 0 Å². The van der Waals surface area contributed by atoms with Gasteiger partial charge in [0.05, 0.1) is 7.11 Å². The Morgan fingerprint density at radius 3 is 2.85 bits per heavy atom. The van der Waals surface area contributed by atoms with Gasteiger partial charge in [0, 0.05) is 12.4 Å². The van der Waals surface area contributed by atoms with Crippen LogP contribution in [0.2, 0.25) is 0 Å². The fraction of sp³-hybridized carbons (Fsp3) is 0.556. The van der Waals surface area contributed by atoms with E-state index < -0.39 is 0 Å². The number of ether oxygens (including phenoxy) is 1. The minimum atomic E-state index is 0.638. The molecule has 0 atom stereocenters. The summed E-state index contributed by atoms with van der Waals surface area (Å²) < 4.78 is 5.08. The Labute approximate surface area is 78.4 Å². The molecule has 0 amide bonds. The molecule has 0 saturated heterocycles. The lowest BCUT2D eigenvalue weighted by atomic mass is 10.2. The monoisotopic (exact) mass is 181 g/mol. The third kappa shape index (κ3) is 2.99. The van der Waals surface area contributed by atoms with Gasteiger partial charge in [-0.1, -0.05) is 0 Å². The number of aromatic nitrogens is 2. The maximum Gasteiger partial charge on any atom is 0.235 e. The number of hydrogen-bond acceptors (Lipinski definition) is 4. The van der Waals surface area contributed by atoms with Crippen molar-refractivity contribution in [3.05, 3.63) is 18.1 Å². The molecule has 1 N–H and O–H groups in total. The largest absolute Gasteiger partial charge is 0.480 e. The molecule has 1 rings (SSSR count).